The van der Waals surface area contributed by atoms with Crippen molar-refractivity contribution in [2.45, 2.75) is 88.9 Å². The number of unbranched alkanes of at least 4 members (excludes halogenated alkanes) is 10. The van der Waals surface area contributed by atoms with Gasteiger partial charge in [0.25, 0.3) is 10.1 Å². The van der Waals surface area contributed by atoms with Gasteiger partial charge in [-0.15, -0.1) is 5.75 Å². The van der Waals surface area contributed by atoms with E-state index in [9.17, 15) is 13.5 Å². The molecule has 172 valence electrons. The van der Waals surface area contributed by atoms with E-state index >= 15 is 0 Å². The molecule has 1 N–H and O–H groups in total. The Morgan fingerprint density at radius 2 is 1.31 bits per heavy atom. The zero-order valence-electron chi connectivity index (χ0n) is 19.5. The van der Waals surface area contributed by atoms with Crippen LogP contribution in [0.4, 0.5) is 0 Å². The van der Waals surface area contributed by atoms with E-state index in [2.05, 4.69) is 6.92 Å². The van der Waals surface area contributed by atoms with E-state index in [1.807, 2.05) is 12.1 Å². The number of benzene rings is 2. The molecule has 0 heterocycles. The average molecular weight is 487 g/mol. The van der Waals surface area contributed by atoms with E-state index in [0.717, 1.165) is 25.0 Å². The maximum absolute atomic E-state index is 11.6. The first kappa shape index (κ1) is 29.6. The molecule has 0 spiro atoms. The zero-order chi connectivity index (χ0) is 22.5. The van der Waals surface area contributed by atoms with Crippen LogP contribution in [0, 0.1) is 0 Å². The first-order valence-electron chi connectivity index (χ1n) is 11.4. The van der Waals surface area contributed by atoms with E-state index in [-0.39, 0.29) is 57.1 Å². The largest absolute Gasteiger partial charge is 1.00 e. The molecular weight excluding hydrogens is 451 g/mol. The predicted octanol–water partition coefficient (Wildman–Crippen LogP) is 3.66. The molecule has 32 heavy (non-hydrogen) atoms. The molecule has 0 aromatic heterocycles. The van der Waals surface area contributed by atoms with E-state index in [0.29, 0.717) is 5.75 Å². The van der Waals surface area contributed by atoms with Crippen molar-refractivity contribution in [1.29, 1.82) is 0 Å². The molecule has 0 bridgehead atoms. The van der Waals surface area contributed by atoms with E-state index in [1.54, 1.807) is 12.1 Å². The second kappa shape index (κ2) is 16.3. The summed E-state index contributed by atoms with van der Waals surface area (Å²) in [6.45, 7) is 2.25. The van der Waals surface area contributed by atoms with Crippen LogP contribution in [-0.4, -0.2) is 13.0 Å². The molecule has 7 heteroatoms. The maximum Gasteiger partial charge on any atom is 1.00 e. The van der Waals surface area contributed by atoms with E-state index in [4.69, 9.17) is 9.29 Å². The Balaban J connectivity index is 0.00000512. The monoisotopic (exact) mass is 486 g/mol. The first-order chi connectivity index (χ1) is 14.9. The quantitative estimate of drug-likeness (QED) is 0.236. The van der Waals surface area contributed by atoms with Crippen molar-refractivity contribution in [1.82, 2.24) is 0 Å². The molecule has 2 aromatic carbocycles. The fraction of sp³-hybridized carbons (Fsp3) is 0.520. The van der Waals surface area contributed by atoms with Crippen molar-refractivity contribution >= 4 is 10.1 Å². The maximum atomic E-state index is 11.6. The molecule has 0 aliphatic heterocycles. The van der Waals surface area contributed by atoms with Crippen LogP contribution >= 0.6 is 0 Å². The smallest absolute Gasteiger partial charge is 0.872 e. The average Bonchev–Trinajstić information content (AvgIpc) is 2.72. The molecule has 0 aliphatic carbocycles. The number of hydrogen-bond donors (Lipinski definition) is 1. The third kappa shape index (κ3) is 12.2. The van der Waals surface area contributed by atoms with Crippen molar-refractivity contribution in [2.75, 3.05) is 0 Å². The minimum Gasteiger partial charge on any atom is -0.872 e. The Labute approximate surface area is 236 Å². The minimum atomic E-state index is -4.45. The molecule has 5 nitrogen and oxygen atoms in total. The van der Waals surface area contributed by atoms with Crippen LogP contribution in [0.3, 0.4) is 0 Å². The summed E-state index contributed by atoms with van der Waals surface area (Å²) < 4.78 is 37.2. The summed E-state index contributed by atoms with van der Waals surface area (Å²) in [5.41, 5.74) is 1.22. The van der Waals surface area contributed by atoms with Gasteiger partial charge in [-0.1, -0.05) is 83.3 Å². The summed E-state index contributed by atoms with van der Waals surface area (Å²) in [5, 5.41) is 11.6. The molecule has 0 saturated heterocycles. The number of hydrogen-bond acceptors (Lipinski definition) is 4. The van der Waals surface area contributed by atoms with Crippen molar-refractivity contribution < 1.29 is 74.2 Å². The second-order valence-corrected chi connectivity index (χ2v) is 9.57. The molecule has 0 atom stereocenters. The topological polar surface area (TPSA) is 86.7 Å². The van der Waals surface area contributed by atoms with Crippen LogP contribution < -0.4 is 61.2 Å². The molecule has 0 fully saturated rings. The summed E-state index contributed by atoms with van der Waals surface area (Å²) in [4.78, 5) is -0.469. The van der Waals surface area contributed by atoms with Crippen LogP contribution in [0.5, 0.6) is 17.2 Å². The van der Waals surface area contributed by atoms with Crippen molar-refractivity contribution in [2.24, 2.45) is 0 Å². The Morgan fingerprint density at radius 1 is 0.781 bits per heavy atom. The Morgan fingerprint density at radius 3 is 1.84 bits per heavy atom. The Kier molecular flexibility index (Phi) is 15.0. The zero-order valence-corrected chi connectivity index (χ0v) is 23.5. The Bertz CT molecular complexity index is 882. The summed E-state index contributed by atoms with van der Waals surface area (Å²) >= 11 is 0. The normalized spacial score (nSPS) is 11.2. The van der Waals surface area contributed by atoms with Crippen LogP contribution in [0.15, 0.2) is 47.4 Å². The van der Waals surface area contributed by atoms with Crippen LogP contribution in [0.25, 0.3) is 0 Å². The fourth-order valence-electron chi connectivity index (χ4n) is 3.61. The fourth-order valence-corrected chi connectivity index (χ4v) is 4.14. The molecule has 0 unspecified atom stereocenters. The number of rotatable bonds is 15. The van der Waals surface area contributed by atoms with Gasteiger partial charge in [0, 0.05) is 6.07 Å². The number of ether oxygens (including phenoxy) is 1. The third-order valence-corrected chi connectivity index (χ3v) is 6.21. The summed E-state index contributed by atoms with van der Waals surface area (Å²) in [7, 11) is -4.45. The van der Waals surface area contributed by atoms with E-state index in [1.165, 1.54) is 75.8 Å². The standard InChI is InChI=1S/C25H36O5S.K/c1-2-3-4-5-6-7-8-9-10-11-12-13-21-14-16-23(17-15-21)30-24-18-22(26)19-25(20-24)31(27,28)29;/h14-20,26H,2-13H2,1H3,(H,27,28,29);/q;+1/p-1. The van der Waals surface area contributed by atoms with E-state index < -0.39 is 20.8 Å². The van der Waals surface area contributed by atoms with Crippen LogP contribution in [0.1, 0.15) is 83.1 Å². The van der Waals surface area contributed by atoms with Gasteiger partial charge < -0.3 is 9.84 Å². The van der Waals surface area contributed by atoms with Crippen molar-refractivity contribution in [3.63, 3.8) is 0 Å². The number of aryl methyl sites for hydroxylation is 1. The van der Waals surface area contributed by atoms with Crippen LogP contribution in [-0.2, 0) is 16.5 Å². The Hall–Kier alpha value is -0.414. The second-order valence-electron chi connectivity index (χ2n) is 8.15. The van der Waals surface area contributed by atoms with Gasteiger partial charge in [-0.3, -0.25) is 4.55 Å². The summed E-state index contributed by atoms with van der Waals surface area (Å²) in [6.07, 6.45) is 15.6. The molecule has 0 aliphatic rings. The van der Waals surface area contributed by atoms with Crippen molar-refractivity contribution in [3.8, 4) is 17.2 Å². The molecule has 0 saturated carbocycles. The van der Waals surface area contributed by atoms with Gasteiger partial charge in [0.15, 0.2) is 0 Å². The van der Waals surface area contributed by atoms with Gasteiger partial charge >= 0.3 is 51.4 Å². The summed E-state index contributed by atoms with van der Waals surface area (Å²) in [5.74, 6) is 0.0473. The van der Waals surface area contributed by atoms with Gasteiger partial charge in [-0.05, 0) is 42.7 Å². The molecule has 0 amide bonds. The van der Waals surface area contributed by atoms with Gasteiger partial charge in [0.05, 0.1) is 4.90 Å². The minimum absolute atomic E-state index is 0. The first-order valence-corrected chi connectivity index (χ1v) is 12.9. The third-order valence-electron chi connectivity index (χ3n) is 5.38. The molecule has 2 aromatic rings. The van der Waals surface area contributed by atoms with Gasteiger partial charge in [0.1, 0.15) is 11.5 Å². The van der Waals surface area contributed by atoms with Gasteiger partial charge in [-0.25, -0.2) is 0 Å². The van der Waals surface area contributed by atoms with Gasteiger partial charge in [-0.2, -0.15) is 8.42 Å². The SMILES string of the molecule is CCCCCCCCCCCCCc1ccc(Oc2cc([O-])cc(S(=O)(=O)O)c2)cc1.[K+]. The molecule has 0 radical (unpaired) electrons. The van der Waals surface area contributed by atoms with Crippen molar-refractivity contribution in [3.05, 3.63) is 48.0 Å². The summed E-state index contributed by atoms with van der Waals surface area (Å²) in [6, 6.07) is 10.8. The predicted molar refractivity (Wildman–Crippen MR) is 122 cm³/mol. The van der Waals surface area contributed by atoms with Gasteiger partial charge in [0.2, 0.25) is 0 Å². The van der Waals surface area contributed by atoms with Crippen LogP contribution in [0.2, 0.25) is 0 Å². The molecular formula is C25H35KO5S. The molecule has 2 rings (SSSR count).